The summed E-state index contributed by atoms with van der Waals surface area (Å²) in [7, 11) is 4.80. The second-order valence-electron chi connectivity index (χ2n) is 5.61. The lowest BCUT2D eigenvalue weighted by molar-refractivity contribution is 0.324. The molecule has 0 unspecified atom stereocenters. The van der Waals surface area contributed by atoms with E-state index >= 15 is 0 Å². The molecule has 0 aliphatic heterocycles. The van der Waals surface area contributed by atoms with Crippen molar-refractivity contribution >= 4 is 52.9 Å². The van der Waals surface area contributed by atoms with Gasteiger partial charge in [0.05, 0.1) is 32.2 Å². The molecule has 9 heteroatoms. The fourth-order valence-electron chi connectivity index (χ4n) is 2.53. The van der Waals surface area contributed by atoms with Crippen LogP contribution in [0.4, 0.5) is 0 Å². The van der Waals surface area contributed by atoms with Gasteiger partial charge in [0.1, 0.15) is 0 Å². The van der Waals surface area contributed by atoms with Crippen molar-refractivity contribution in [2.24, 2.45) is 4.99 Å². The molecule has 28 heavy (non-hydrogen) atoms. The first-order valence-corrected chi connectivity index (χ1v) is 9.86. The van der Waals surface area contributed by atoms with E-state index in [2.05, 4.69) is 21.7 Å². The smallest absolute Gasteiger partial charge is 0.203 e. The molecule has 0 bridgehead atoms. The van der Waals surface area contributed by atoms with Gasteiger partial charge in [-0.15, -0.1) is 35.3 Å². The zero-order valence-electron chi connectivity index (χ0n) is 16.5. The van der Waals surface area contributed by atoms with Crippen molar-refractivity contribution in [1.29, 1.82) is 0 Å². The quantitative estimate of drug-likeness (QED) is 0.282. The molecule has 0 amide bonds. The first-order chi connectivity index (χ1) is 13.1. The first kappa shape index (κ1) is 24.6. The lowest BCUT2D eigenvalue weighted by Gasteiger charge is -2.14. The second-order valence-corrected chi connectivity index (χ2v) is 7.41. The van der Waals surface area contributed by atoms with Gasteiger partial charge in [0.25, 0.3) is 0 Å². The van der Waals surface area contributed by atoms with Gasteiger partial charge in [-0.05, 0) is 43.2 Å². The number of hydrogen-bond donors (Lipinski definition) is 2. The summed E-state index contributed by atoms with van der Waals surface area (Å²) in [5, 5.41) is 6.60. The average Bonchev–Trinajstić information content (AvgIpc) is 3.10. The number of thiophene rings is 1. The van der Waals surface area contributed by atoms with Crippen LogP contribution in [0.25, 0.3) is 0 Å². The van der Waals surface area contributed by atoms with Gasteiger partial charge in [-0.1, -0.05) is 11.6 Å². The molecule has 0 saturated heterocycles. The highest BCUT2D eigenvalue weighted by molar-refractivity contribution is 14.0. The zero-order chi connectivity index (χ0) is 19.6. The van der Waals surface area contributed by atoms with Crippen molar-refractivity contribution in [3.63, 3.8) is 0 Å². The SMILES string of the molecule is CCNC(=NCc1cc(OC)c(OC)c(OC)c1)NCCc1ccc(Cl)s1.I. The summed E-state index contributed by atoms with van der Waals surface area (Å²) in [5.74, 6) is 2.57. The Hall–Kier alpha value is -1.39. The molecule has 0 fully saturated rings. The standard InChI is InChI=1S/C19H26ClN3O3S.HI/c1-5-21-19(22-9-8-14-6-7-17(20)27-14)23-12-13-10-15(24-2)18(26-4)16(11-13)25-3;/h6-7,10-11H,5,8-9,12H2,1-4H3,(H2,21,22,23);1H. The van der Waals surface area contributed by atoms with Gasteiger partial charge in [0, 0.05) is 18.0 Å². The maximum Gasteiger partial charge on any atom is 0.203 e. The van der Waals surface area contributed by atoms with Crippen LogP contribution in [0.15, 0.2) is 29.3 Å². The zero-order valence-corrected chi connectivity index (χ0v) is 20.4. The summed E-state index contributed by atoms with van der Waals surface area (Å²) in [6.07, 6.45) is 0.895. The topological polar surface area (TPSA) is 64.1 Å². The molecule has 1 aromatic heterocycles. The predicted octanol–water partition coefficient (Wildman–Crippen LogP) is 4.34. The highest BCUT2D eigenvalue weighted by atomic mass is 127. The number of benzene rings is 1. The van der Waals surface area contributed by atoms with Crippen LogP contribution in [0.2, 0.25) is 4.34 Å². The minimum absolute atomic E-state index is 0. The van der Waals surface area contributed by atoms with Crippen LogP contribution in [0.5, 0.6) is 17.2 Å². The summed E-state index contributed by atoms with van der Waals surface area (Å²) in [6, 6.07) is 7.78. The number of guanidine groups is 1. The van der Waals surface area contributed by atoms with E-state index in [4.69, 9.17) is 25.8 Å². The third kappa shape index (κ3) is 7.21. The summed E-state index contributed by atoms with van der Waals surface area (Å²) in [6.45, 7) is 4.08. The molecule has 0 saturated carbocycles. The van der Waals surface area contributed by atoms with Crippen molar-refractivity contribution in [3.05, 3.63) is 39.0 Å². The normalized spacial score (nSPS) is 10.8. The Labute approximate surface area is 192 Å². The maximum atomic E-state index is 5.97. The fraction of sp³-hybridized carbons (Fsp3) is 0.421. The largest absolute Gasteiger partial charge is 0.493 e. The lowest BCUT2D eigenvalue weighted by atomic mass is 10.2. The van der Waals surface area contributed by atoms with E-state index < -0.39 is 0 Å². The van der Waals surface area contributed by atoms with Gasteiger partial charge in [0.15, 0.2) is 17.5 Å². The highest BCUT2D eigenvalue weighted by Crippen LogP contribution is 2.38. The molecular weight excluding hydrogens is 513 g/mol. The molecule has 2 rings (SSSR count). The second kappa shape index (κ2) is 12.9. The third-order valence-electron chi connectivity index (χ3n) is 3.78. The van der Waals surface area contributed by atoms with Crippen LogP contribution >= 0.6 is 46.9 Å². The van der Waals surface area contributed by atoms with Crippen LogP contribution in [0, 0.1) is 0 Å². The van der Waals surface area contributed by atoms with E-state index in [1.807, 2.05) is 25.1 Å². The van der Waals surface area contributed by atoms with Crippen LogP contribution in [0.1, 0.15) is 17.4 Å². The van der Waals surface area contributed by atoms with E-state index in [0.29, 0.717) is 23.8 Å². The monoisotopic (exact) mass is 539 g/mol. The van der Waals surface area contributed by atoms with E-state index in [-0.39, 0.29) is 24.0 Å². The summed E-state index contributed by atoms with van der Waals surface area (Å²) >= 11 is 7.57. The van der Waals surface area contributed by atoms with E-state index in [9.17, 15) is 0 Å². The van der Waals surface area contributed by atoms with Crippen molar-refractivity contribution in [2.45, 2.75) is 19.9 Å². The number of methoxy groups -OCH3 is 3. The molecule has 0 radical (unpaired) electrons. The summed E-state index contributed by atoms with van der Waals surface area (Å²) < 4.78 is 17.0. The summed E-state index contributed by atoms with van der Waals surface area (Å²) in [4.78, 5) is 5.89. The maximum absolute atomic E-state index is 5.97. The molecule has 0 spiro atoms. The average molecular weight is 540 g/mol. The molecule has 0 aliphatic carbocycles. The molecule has 2 aromatic rings. The number of hydrogen-bond acceptors (Lipinski definition) is 5. The number of nitrogens with one attached hydrogen (secondary N) is 2. The van der Waals surface area contributed by atoms with Crippen molar-refractivity contribution in [2.75, 3.05) is 34.4 Å². The van der Waals surface area contributed by atoms with Gasteiger partial charge in [0.2, 0.25) is 5.75 Å². The van der Waals surface area contributed by atoms with Crippen LogP contribution in [-0.2, 0) is 13.0 Å². The third-order valence-corrected chi connectivity index (χ3v) is 5.07. The van der Waals surface area contributed by atoms with Crippen molar-refractivity contribution in [1.82, 2.24) is 10.6 Å². The number of nitrogens with zero attached hydrogens (tertiary/aromatic N) is 1. The number of ether oxygens (including phenoxy) is 3. The van der Waals surface area contributed by atoms with Crippen LogP contribution in [0.3, 0.4) is 0 Å². The molecule has 0 atom stereocenters. The molecule has 1 aromatic carbocycles. The Bertz CT molecular complexity index is 746. The van der Waals surface area contributed by atoms with Gasteiger partial charge in [-0.3, -0.25) is 0 Å². The number of rotatable bonds is 9. The molecule has 1 heterocycles. The van der Waals surface area contributed by atoms with Crippen LogP contribution in [-0.4, -0.2) is 40.4 Å². The molecule has 0 aliphatic rings. The van der Waals surface area contributed by atoms with Gasteiger partial charge in [-0.25, -0.2) is 4.99 Å². The Morgan fingerprint density at radius 2 is 1.75 bits per heavy atom. The van der Waals surface area contributed by atoms with Gasteiger partial charge >= 0.3 is 0 Å². The van der Waals surface area contributed by atoms with E-state index in [1.165, 1.54) is 4.88 Å². The number of aliphatic imine (C=N–C) groups is 1. The minimum atomic E-state index is 0. The number of halogens is 2. The Morgan fingerprint density at radius 1 is 1.07 bits per heavy atom. The molecule has 156 valence electrons. The van der Waals surface area contributed by atoms with Gasteiger partial charge < -0.3 is 24.8 Å². The molecular formula is C19H27ClIN3O3S. The van der Waals surface area contributed by atoms with Crippen molar-refractivity contribution < 1.29 is 14.2 Å². The summed E-state index contributed by atoms with van der Waals surface area (Å²) in [5.41, 5.74) is 0.965. The Kier molecular flexibility index (Phi) is 11.4. The van der Waals surface area contributed by atoms with Crippen LogP contribution < -0.4 is 24.8 Å². The highest BCUT2D eigenvalue weighted by Gasteiger charge is 2.13. The van der Waals surface area contributed by atoms with E-state index in [0.717, 1.165) is 35.4 Å². The molecule has 2 N–H and O–H groups in total. The minimum Gasteiger partial charge on any atom is -0.493 e. The first-order valence-electron chi connectivity index (χ1n) is 8.66. The molecule has 6 nitrogen and oxygen atoms in total. The Morgan fingerprint density at radius 3 is 2.25 bits per heavy atom. The van der Waals surface area contributed by atoms with Crippen molar-refractivity contribution in [3.8, 4) is 17.2 Å². The van der Waals surface area contributed by atoms with Gasteiger partial charge in [-0.2, -0.15) is 0 Å². The predicted molar refractivity (Wildman–Crippen MR) is 127 cm³/mol. The Balaban J connectivity index is 0.00000392. The lowest BCUT2D eigenvalue weighted by Crippen LogP contribution is -2.38. The van der Waals surface area contributed by atoms with E-state index in [1.54, 1.807) is 32.7 Å². The fourth-order valence-corrected chi connectivity index (χ4v) is 3.62.